The lowest BCUT2D eigenvalue weighted by molar-refractivity contribution is -0.140. The number of halogens is 2. The molecule has 0 saturated heterocycles. The summed E-state index contributed by atoms with van der Waals surface area (Å²) in [6, 6.07) is 25.2. The van der Waals surface area contributed by atoms with E-state index in [1.165, 1.54) is 17.0 Å². The molecule has 4 aromatic carbocycles. The molecule has 0 saturated carbocycles. The number of amides is 2. The summed E-state index contributed by atoms with van der Waals surface area (Å²) in [5.41, 5.74) is 4.35. The third-order valence-electron chi connectivity index (χ3n) is 8.01. The lowest BCUT2D eigenvalue weighted by Gasteiger charge is -2.34. The maximum absolute atomic E-state index is 14.7. The minimum Gasteiger partial charge on any atom is -0.352 e. The van der Waals surface area contributed by atoms with Gasteiger partial charge >= 0.3 is 0 Å². The molecule has 0 fully saturated rings. The van der Waals surface area contributed by atoms with Crippen molar-refractivity contribution in [1.29, 1.82) is 0 Å². The van der Waals surface area contributed by atoms with Gasteiger partial charge in [-0.15, -0.1) is 0 Å². The fraction of sp³-hybridized carbons (Fsp3) is 0.297. The number of sulfonamides is 1. The van der Waals surface area contributed by atoms with Crippen LogP contribution in [0.2, 0.25) is 10.0 Å². The van der Waals surface area contributed by atoms with Crippen LogP contribution in [0.5, 0.6) is 0 Å². The lowest BCUT2D eigenvalue weighted by atomic mass is 10.0. The predicted molar refractivity (Wildman–Crippen MR) is 190 cm³/mol. The Morgan fingerprint density at radius 3 is 2.06 bits per heavy atom. The van der Waals surface area contributed by atoms with Crippen molar-refractivity contribution in [3.8, 4) is 0 Å². The quantitative estimate of drug-likeness (QED) is 0.156. The van der Waals surface area contributed by atoms with E-state index >= 15 is 0 Å². The molecule has 0 unspecified atom stereocenters. The summed E-state index contributed by atoms with van der Waals surface area (Å²) in [6.07, 6.45) is 0.893. The average Bonchev–Trinajstić information content (AvgIpc) is 3.02. The van der Waals surface area contributed by atoms with Crippen LogP contribution in [0.25, 0.3) is 0 Å². The molecule has 47 heavy (non-hydrogen) atoms. The number of carbonyl (C=O) groups is 2. The molecule has 0 heterocycles. The van der Waals surface area contributed by atoms with E-state index in [0.29, 0.717) is 27.7 Å². The second-order valence-corrected chi connectivity index (χ2v) is 14.7. The van der Waals surface area contributed by atoms with Crippen LogP contribution in [0.4, 0.5) is 5.69 Å². The number of aryl methyl sites for hydroxylation is 3. The molecule has 1 N–H and O–H groups in total. The fourth-order valence-electron chi connectivity index (χ4n) is 5.29. The van der Waals surface area contributed by atoms with Gasteiger partial charge in [-0.25, -0.2) is 8.42 Å². The molecule has 4 rings (SSSR count). The van der Waals surface area contributed by atoms with E-state index in [9.17, 15) is 18.0 Å². The van der Waals surface area contributed by atoms with Crippen molar-refractivity contribution >= 4 is 50.7 Å². The van der Waals surface area contributed by atoms with Crippen molar-refractivity contribution in [2.75, 3.05) is 10.8 Å². The first-order valence-corrected chi connectivity index (χ1v) is 17.7. The Balaban J connectivity index is 1.85. The molecule has 0 aromatic heterocycles. The molecule has 2 amide bonds. The molecule has 248 valence electrons. The van der Waals surface area contributed by atoms with Crippen molar-refractivity contribution in [3.63, 3.8) is 0 Å². The molecule has 10 heteroatoms. The monoisotopic (exact) mass is 693 g/mol. The Kier molecular flexibility index (Phi) is 12.1. The lowest BCUT2D eigenvalue weighted by Crippen LogP contribution is -2.54. The number of rotatable bonds is 13. The summed E-state index contributed by atoms with van der Waals surface area (Å²) in [5.74, 6) is -0.910. The molecule has 0 aliphatic heterocycles. The Morgan fingerprint density at radius 2 is 1.47 bits per heavy atom. The summed E-state index contributed by atoms with van der Waals surface area (Å²) >= 11 is 12.8. The third kappa shape index (κ3) is 9.37. The maximum Gasteiger partial charge on any atom is 0.264 e. The molecule has 4 aromatic rings. The molecular weight excluding hydrogens is 653 g/mol. The number of hydrogen-bond donors (Lipinski definition) is 1. The number of hydrogen-bond acceptors (Lipinski definition) is 4. The third-order valence-corrected chi connectivity index (χ3v) is 10.4. The topological polar surface area (TPSA) is 86.8 Å². The summed E-state index contributed by atoms with van der Waals surface area (Å²) in [6.45, 7) is 8.88. The van der Waals surface area contributed by atoms with Crippen LogP contribution < -0.4 is 9.62 Å². The van der Waals surface area contributed by atoms with Crippen LogP contribution in [0.3, 0.4) is 0 Å². The van der Waals surface area contributed by atoms with Gasteiger partial charge in [-0.2, -0.15) is 0 Å². The minimum absolute atomic E-state index is 0.0501. The number of benzene rings is 4. The summed E-state index contributed by atoms with van der Waals surface area (Å²) in [5, 5.41) is 3.79. The minimum atomic E-state index is -4.21. The molecule has 7 nitrogen and oxygen atoms in total. The Labute approximate surface area is 288 Å². The van der Waals surface area contributed by atoms with Crippen molar-refractivity contribution < 1.29 is 18.0 Å². The van der Waals surface area contributed by atoms with Crippen molar-refractivity contribution in [2.45, 2.75) is 71.0 Å². The molecule has 0 bridgehead atoms. The van der Waals surface area contributed by atoms with Crippen LogP contribution in [-0.2, 0) is 32.6 Å². The molecule has 0 radical (unpaired) electrons. The van der Waals surface area contributed by atoms with Crippen molar-refractivity contribution in [1.82, 2.24) is 10.2 Å². The van der Waals surface area contributed by atoms with E-state index < -0.39 is 28.5 Å². The zero-order valence-electron chi connectivity index (χ0n) is 27.3. The van der Waals surface area contributed by atoms with Gasteiger partial charge in [0.05, 0.1) is 10.6 Å². The first-order valence-electron chi connectivity index (χ1n) is 15.5. The largest absolute Gasteiger partial charge is 0.352 e. The highest BCUT2D eigenvalue weighted by Gasteiger charge is 2.35. The van der Waals surface area contributed by atoms with Gasteiger partial charge in [0.15, 0.2) is 0 Å². The molecule has 0 spiro atoms. The maximum atomic E-state index is 14.7. The fourth-order valence-corrected chi connectivity index (χ4v) is 7.16. The highest BCUT2D eigenvalue weighted by molar-refractivity contribution is 7.92. The highest BCUT2D eigenvalue weighted by Crippen LogP contribution is 2.28. The van der Waals surface area contributed by atoms with Crippen LogP contribution in [0.1, 0.15) is 48.1 Å². The average molecular weight is 695 g/mol. The second kappa shape index (κ2) is 15.8. The van der Waals surface area contributed by atoms with E-state index in [2.05, 4.69) is 5.32 Å². The second-order valence-electron chi connectivity index (χ2n) is 12.0. The van der Waals surface area contributed by atoms with E-state index in [4.69, 9.17) is 23.2 Å². The number of carbonyl (C=O) groups excluding carboxylic acids is 2. The van der Waals surface area contributed by atoms with Crippen LogP contribution in [-0.4, -0.2) is 43.8 Å². The summed E-state index contributed by atoms with van der Waals surface area (Å²) in [4.78, 5) is 30.2. The van der Waals surface area contributed by atoms with Gasteiger partial charge < -0.3 is 10.2 Å². The highest BCUT2D eigenvalue weighted by atomic mass is 35.5. The first-order chi connectivity index (χ1) is 22.3. The molecule has 0 aliphatic carbocycles. The van der Waals surface area contributed by atoms with Gasteiger partial charge in [-0.3, -0.25) is 13.9 Å². The van der Waals surface area contributed by atoms with Gasteiger partial charge in [-0.05, 0) is 92.8 Å². The van der Waals surface area contributed by atoms with Gasteiger partial charge in [-0.1, -0.05) is 90.3 Å². The molecular formula is C37H41Cl2N3O4S. The zero-order chi connectivity index (χ0) is 34.3. The van der Waals surface area contributed by atoms with Gasteiger partial charge in [0.2, 0.25) is 11.8 Å². The molecule has 2 atom stereocenters. The summed E-state index contributed by atoms with van der Waals surface area (Å²) in [7, 11) is -4.21. The Morgan fingerprint density at radius 1 is 0.830 bits per heavy atom. The van der Waals surface area contributed by atoms with Gasteiger partial charge in [0, 0.05) is 29.1 Å². The van der Waals surface area contributed by atoms with Crippen molar-refractivity contribution in [3.05, 3.63) is 129 Å². The number of nitrogens with zero attached hydrogens (tertiary/aromatic N) is 2. The number of nitrogens with one attached hydrogen (secondary N) is 1. The smallest absolute Gasteiger partial charge is 0.264 e. The standard InChI is InChI=1S/C37H41Cl2N3O4S/c1-6-28(5)40-37(44)35(21-29-10-8-7-9-11-29)41(23-30-14-15-31(38)22-34(30)39)36(43)24-42(32-19-26(3)18-27(4)20-32)47(45,46)33-16-12-25(2)13-17-33/h7-20,22,28,35H,6,21,23-24H2,1-5H3,(H,40,44)/t28-,35+/m0/s1. The van der Waals surface area contributed by atoms with Gasteiger partial charge in [0.1, 0.15) is 12.6 Å². The summed E-state index contributed by atoms with van der Waals surface area (Å²) < 4.78 is 29.7. The van der Waals surface area contributed by atoms with Gasteiger partial charge in [0.25, 0.3) is 10.0 Å². The molecule has 0 aliphatic rings. The Bertz CT molecular complexity index is 1800. The van der Waals surface area contributed by atoms with E-state index in [-0.39, 0.29) is 29.8 Å². The van der Waals surface area contributed by atoms with Crippen LogP contribution in [0.15, 0.2) is 95.9 Å². The Hall–Kier alpha value is -3.85. The van der Waals surface area contributed by atoms with E-state index in [1.807, 2.05) is 71.0 Å². The zero-order valence-corrected chi connectivity index (χ0v) is 29.7. The predicted octanol–water partition coefficient (Wildman–Crippen LogP) is 7.67. The normalized spacial score (nSPS) is 12.7. The van der Waals surface area contributed by atoms with Crippen LogP contribution >= 0.6 is 23.2 Å². The first kappa shape index (κ1) is 36.0. The van der Waals surface area contributed by atoms with Crippen LogP contribution in [0, 0.1) is 20.8 Å². The SMILES string of the molecule is CC[C@H](C)NC(=O)[C@@H](Cc1ccccc1)N(Cc1ccc(Cl)cc1Cl)C(=O)CN(c1cc(C)cc(C)c1)S(=O)(=O)c1ccc(C)cc1. The number of anilines is 1. The van der Waals surface area contributed by atoms with Crippen molar-refractivity contribution in [2.24, 2.45) is 0 Å². The van der Waals surface area contributed by atoms with E-state index in [1.54, 1.807) is 42.5 Å². The van der Waals surface area contributed by atoms with E-state index in [0.717, 1.165) is 26.6 Å².